The minimum absolute atomic E-state index is 0.216. The molecule has 1 amide bonds. The highest BCUT2D eigenvalue weighted by Crippen LogP contribution is 2.38. The monoisotopic (exact) mass is 484 g/mol. The number of carbonyl (C=O) groups is 1. The maximum absolute atomic E-state index is 12.9. The molecule has 34 heavy (non-hydrogen) atoms. The highest BCUT2D eigenvalue weighted by Gasteiger charge is 2.30. The van der Waals surface area contributed by atoms with Gasteiger partial charge in [-0.2, -0.15) is 23.5 Å². The van der Waals surface area contributed by atoms with Crippen LogP contribution < -0.4 is 5.43 Å². The minimum Gasteiger partial charge on any atom is -0.308 e. The normalized spacial score (nSPS) is 13.6. The molecule has 2 aromatic heterocycles. The number of aromatic nitrogens is 1. The Labute approximate surface area is 199 Å². The lowest BCUT2D eigenvalue weighted by molar-refractivity contribution is -0.137. The molecular weight excluding hydrogens is 461 g/mol. The van der Waals surface area contributed by atoms with Gasteiger partial charge in [-0.1, -0.05) is 18.2 Å². The van der Waals surface area contributed by atoms with Crippen molar-refractivity contribution < 1.29 is 18.0 Å². The number of nitrogens with one attached hydrogen (secondary N) is 1. The summed E-state index contributed by atoms with van der Waals surface area (Å²) in [7, 11) is 0. The molecule has 1 aliphatic carbocycles. The first-order chi connectivity index (χ1) is 16.2. The number of benzene rings is 1. The predicted molar refractivity (Wildman–Crippen MR) is 125 cm³/mol. The number of aryl methyl sites for hydroxylation is 2. The van der Waals surface area contributed by atoms with Crippen molar-refractivity contribution in [3.05, 3.63) is 74.4 Å². The van der Waals surface area contributed by atoms with Crippen LogP contribution in [-0.2, 0) is 30.2 Å². The zero-order valence-corrected chi connectivity index (χ0v) is 19.6. The van der Waals surface area contributed by atoms with E-state index in [1.54, 1.807) is 11.3 Å². The molecule has 1 aromatic carbocycles. The Morgan fingerprint density at radius 2 is 2.03 bits per heavy atom. The number of alkyl halides is 3. The molecule has 0 bridgehead atoms. The number of halogens is 3. The molecule has 0 aliphatic heterocycles. The third-order valence-electron chi connectivity index (χ3n) is 5.95. The summed E-state index contributed by atoms with van der Waals surface area (Å²) < 4.78 is 40.6. The molecule has 0 saturated carbocycles. The van der Waals surface area contributed by atoms with Gasteiger partial charge in [0.15, 0.2) is 0 Å². The smallest absolute Gasteiger partial charge is 0.308 e. The van der Waals surface area contributed by atoms with Crippen LogP contribution in [0.15, 0.2) is 35.4 Å². The molecule has 1 N–H and O–H groups in total. The van der Waals surface area contributed by atoms with Gasteiger partial charge in [-0.25, -0.2) is 5.43 Å². The van der Waals surface area contributed by atoms with Gasteiger partial charge in [-0.15, -0.1) is 11.3 Å². The summed E-state index contributed by atoms with van der Waals surface area (Å²) in [6.45, 7) is 3.88. The molecular formula is C25H23F3N4OS. The Bertz CT molecular complexity index is 1310. The second-order valence-corrected chi connectivity index (χ2v) is 9.42. The molecule has 1 aliphatic rings. The van der Waals surface area contributed by atoms with Crippen LogP contribution in [0.2, 0.25) is 0 Å². The van der Waals surface area contributed by atoms with E-state index in [9.17, 15) is 23.2 Å². The average Bonchev–Trinajstić information content (AvgIpc) is 3.29. The number of nitriles is 1. The number of carbonyl (C=O) groups excluding carboxylic acids is 1. The molecule has 9 heteroatoms. The Morgan fingerprint density at radius 1 is 1.26 bits per heavy atom. The van der Waals surface area contributed by atoms with Crippen LogP contribution in [0.1, 0.15) is 56.9 Å². The lowest BCUT2D eigenvalue weighted by atomic mass is 9.96. The van der Waals surface area contributed by atoms with Crippen molar-refractivity contribution in [3.8, 4) is 11.1 Å². The molecule has 0 saturated heterocycles. The van der Waals surface area contributed by atoms with Gasteiger partial charge in [0.05, 0.1) is 23.8 Å². The van der Waals surface area contributed by atoms with Crippen LogP contribution in [0.4, 0.5) is 13.2 Å². The van der Waals surface area contributed by atoms with Gasteiger partial charge in [-0.05, 0) is 62.8 Å². The van der Waals surface area contributed by atoms with Gasteiger partial charge in [-0.3, -0.25) is 4.79 Å². The second kappa shape index (κ2) is 9.47. The van der Waals surface area contributed by atoms with E-state index in [4.69, 9.17) is 0 Å². The van der Waals surface area contributed by atoms with Crippen molar-refractivity contribution in [2.45, 2.75) is 52.1 Å². The van der Waals surface area contributed by atoms with Gasteiger partial charge in [0, 0.05) is 21.8 Å². The van der Waals surface area contributed by atoms with E-state index in [2.05, 4.69) is 16.6 Å². The number of amides is 1. The average molecular weight is 485 g/mol. The van der Waals surface area contributed by atoms with Gasteiger partial charge in [0.25, 0.3) is 0 Å². The van der Waals surface area contributed by atoms with E-state index in [1.165, 1.54) is 28.8 Å². The van der Waals surface area contributed by atoms with Gasteiger partial charge in [0.1, 0.15) is 11.1 Å². The number of hydrazone groups is 1. The second-order valence-electron chi connectivity index (χ2n) is 8.33. The van der Waals surface area contributed by atoms with Crippen molar-refractivity contribution in [2.24, 2.45) is 5.10 Å². The molecule has 5 nitrogen and oxygen atoms in total. The first-order valence-corrected chi connectivity index (χ1v) is 11.7. The maximum Gasteiger partial charge on any atom is 0.416 e. The van der Waals surface area contributed by atoms with E-state index in [-0.39, 0.29) is 12.0 Å². The van der Waals surface area contributed by atoms with Crippen LogP contribution in [0.3, 0.4) is 0 Å². The molecule has 0 spiro atoms. The van der Waals surface area contributed by atoms with E-state index in [0.29, 0.717) is 0 Å². The lowest BCUT2D eigenvalue weighted by Crippen LogP contribution is -2.20. The maximum atomic E-state index is 12.9. The predicted octanol–water partition coefficient (Wildman–Crippen LogP) is 5.62. The Morgan fingerprint density at radius 3 is 2.76 bits per heavy atom. The Kier molecular flexibility index (Phi) is 6.62. The summed E-state index contributed by atoms with van der Waals surface area (Å²) in [4.78, 5) is 13.5. The Balaban J connectivity index is 1.50. The lowest BCUT2D eigenvalue weighted by Gasteiger charge is -2.10. The fraction of sp³-hybridized carbons (Fsp3) is 0.320. The van der Waals surface area contributed by atoms with Crippen LogP contribution in [0, 0.1) is 25.2 Å². The van der Waals surface area contributed by atoms with Crippen molar-refractivity contribution in [3.63, 3.8) is 0 Å². The molecule has 0 radical (unpaired) electrons. The molecule has 4 rings (SSSR count). The first-order valence-electron chi connectivity index (χ1n) is 10.9. The summed E-state index contributed by atoms with van der Waals surface area (Å²) >= 11 is 1.66. The van der Waals surface area contributed by atoms with Gasteiger partial charge in [0.2, 0.25) is 5.91 Å². The molecule has 2 heterocycles. The fourth-order valence-corrected chi connectivity index (χ4v) is 5.76. The van der Waals surface area contributed by atoms with Crippen molar-refractivity contribution in [1.29, 1.82) is 5.26 Å². The topological polar surface area (TPSA) is 70.2 Å². The Hall–Kier alpha value is -3.38. The molecule has 176 valence electrons. The summed E-state index contributed by atoms with van der Waals surface area (Å²) in [6.07, 6.45) is 1.01. The van der Waals surface area contributed by atoms with Crippen molar-refractivity contribution >= 4 is 23.5 Å². The highest BCUT2D eigenvalue weighted by atomic mass is 32.1. The third kappa shape index (κ3) is 4.77. The molecule has 0 fully saturated rings. The van der Waals surface area contributed by atoms with Crippen molar-refractivity contribution in [1.82, 2.24) is 9.99 Å². The number of fused-ring (bicyclic) bond motifs is 1. The summed E-state index contributed by atoms with van der Waals surface area (Å²) in [6, 6.07) is 9.00. The largest absolute Gasteiger partial charge is 0.416 e. The summed E-state index contributed by atoms with van der Waals surface area (Å²) in [5.74, 6) is -0.512. The first kappa shape index (κ1) is 23.8. The van der Waals surface area contributed by atoms with Crippen LogP contribution >= 0.6 is 11.3 Å². The number of nitrogens with zero attached hydrogens (tertiary/aromatic N) is 3. The zero-order chi connectivity index (χ0) is 24.5. The SMILES string of the molecule is Cc1cc(C=NNC(=O)Cc2cccc(C(F)(F)F)c2)c(C)n1-c1sc2c(c1C#N)CCCC2. The van der Waals surface area contributed by atoms with Crippen LogP contribution in [-0.4, -0.2) is 16.7 Å². The van der Waals surface area contributed by atoms with E-state index >= 15 is 0 Å². The quantitative estimate of drug-likeness (QED) is 0.377. The molecule has 0 atom stereocenters. The zero-order valence-electron chi connectivity index (χ0n) is 18.8. The van der Waals surface area contributed by atoms with Crippen LogP contribution in [0.25, 0.3) is 5.00 Å². The summed E-state index contributed by atoms with van der Waals surface area (Å²) in [5.41, 5.74) is 6.38. The fourth-order valence-electron chi connectivity index (χ4n) is 4.31. The van der Waals surface area contributed by atoms with E-state index in [0.717, 1.165) is 65.3 Å². The van der Waals surface area contributed by atoms with E-state index < -0.39 is 17.6 Å². The minimum atomic E-state index is -4.46. The molecule has 0 unspecified atom stereocenters. The third-order valence-corrected chi connectivity index (χ3v) is 7.23. The van der Waals surface area contributed by atoms with Crippen molar-refractivity contribution in [2.75, 3.05) is 0 Å². The molecule has 3 aromatic rings. The number of hydrogen-bond acceptors (Lipinski definition) is 4. The van der Waals surface area contributed by atoms with E-state index in [1.807, 2.05) is 24.5 Å². The van der Waals surface area contributed by atoms with Crippen LogP contribution in [0.5, 0.6) is 0 Å². The summed E-state index contributed by atoms with van der Waals surface area (Å²) in [5, 5.41) is 14.7. The number of thiophene rings is 1. The standard InChI is InChI=1S/C25H23F3N4OS/c1-15-10-18(14-30-31-23(33)12-17-6-5-7-19(11-17)25(26,27)28)16(2)32(15)24-21(13-29)20-8-3-4-9-22(20)34-24/h5-7,10-11,14H,3-4,8-9,12H2,1-2H3,(H,31,33). The number of hydrogen-bond donors (Lipinski definition) is 1. The van der Waals surface area contributed by atoms with Gasteiger partial charge < -0.3 is 4.57 Å². The van der Waals surface area contributed by atoms with Gasteiger partial charge >= 0.3 is 6.18 Å². The highest BCUT2D eigenvalue weighted by molar-refractivity contribution is 7.15. The number of rotatable bonds is 5.